The minimum absolute atomic E-state index is 0.00135. The number of rotatable bonds is 6. The van der Waals surface area contributed by atoms with E-state index >= 15 is 0 Å². The van der Waals surface area contributed by atoms with Crippen molar-refractivity contribution in [1.29, 1.82) is 0 Å². The van der Waals surface area contributed by atoms with Crippen LogP contribution in [0.4, 0.5) is 0 Å². The van der Waals surface area contributed by atoms with Crippen molar-refractivity contribution in [2.45, 2.75) is 26.3 Å². The fourth-order valence-corrected chi connectivity index (χ4v) is 6.62. The third-order valence-electron chi connectivity index (χ3n) is 8.67. The van der Waals surface area contributed by atoms with E-state index in [2.05, 4.69) is 140 Å². The third-order valence-corrected chi connectivity index (χ3v) is 8.67. The Hall–Kier alpha value is -5.08. The van der Waals surface area contributed by atoms with Crippen LogP contribution in [0.1, 0.15) is 25.0 Å². The van der Waals surface area contributed by atoms with Crippen LogP contribution in [-0.4, -0.2) is 18.0 Å². The lowest BCUT2D eigenvalue weighted by atomic mass is 9.83. The summed E-state index contributed by atoms with van der Waals surface area (Å²) >= 11 is 0. The first-order chi connectivity index (χ1) is 20.7. The van der Waals surface area contributed by atoms with Crippen LogP contribution in [0, 0.1) is 0 Å². The van der Waals surface area contributed by atoms with Gasteiger partial charge in [0.25, 0.3) is 11.8 Å². The Morgan fingerprint density at radius 3 is 1.88 bits per heavy atom. The van der Waals surface area contributed by atoms with Gasteiger partial charge in [-0.25, -0.2) is 4.99 Å². The van der Waals surface area contributed by atoms with Gasteiger partial charge in [-0.3, -0.25) is 5.41 Å². The molecule has 0 radical (unpaired) electrons. The van der Waals surface area contributed by atoms with Crippen LogP contribution >= 0.6 is 0 Å². The number of aryl methyl sites for hydroxylation is 1. The standard InChI is InChI=1S/C40H32N2/c1-3-26-21-23-27(24-22-26)38-33-12-5-7-14-35(33)39(36-15-8-6-13-34(36)38)32-19-10-17-30-29(16-9-18-31(30)32)28(4-2)40(41)37-20-11-25-42-37/h4-25,37,41H,3H2,1-2H3/p+2/b28-4-,41-40?. The molecule has 1 heterocycles. The van der Waals surface area contributed by atoms with Crippen LogP contribution in [0.15, 0.2) is 127 Å². The van der Waals surface area contributed by atoms with Gasteiger partial charge in [-0.15, -0.1) is 0 Å². The first-order valence-corrected chi connectivity index (χ1v) is 14.8. The van der Waals surface area contributed by atoms with Crippen LogP contribution in [0.25, 0.3) is 60.1 Å². The molecule has 0 fully saturated rings. The molecule has 1 unspecified atom stereocenters. The summed E-state index contributed by atoms with van der Waals surface area (Å²) in [4.78, 5) is 3.35. The highest BCUT2D eigenvalue weighted by Crippen LogP contribution is 2.45. The normalized spacial score (nSPS) is 14.8. The Bertz CT molecular complexity index is 2020. The second kappa shape index (κ2) is 10.7. The van der Waals surface area contributed by atoms with Crippen molar-refractivity contribution < 1.29 is 10.4 Å². The second-order valence-electron chi connectivity index (χ2n) is 11.0. The molecule has 0 saturated heterocycles. The topological polar surface area (TPSA) is 39.6 Å². The zero-order chi connectivity index (χ0) is 28.6. The highest BCUT2D eigenvalue weighted by atomic mass is 14.8. The van der Waals surface area contributed by atoms with E-state index in [0.717, 1.165) is 23.3 Å². The summed E-state index contributed by atoms with van der Waals surface area (Å²) in [6, 6.07) is 40.1. The van der Waals surface area contributed by atoms with Gasteiger partial charge in [-0.1, -0.05) is 122 Å². The SMILES string of the molecule is C/C=C(\C(=[NH2+])C1C=CC=[NH+]1)c1cccc2c(-c3c4ccccc4c(-c4ccc(CC)cc4)c4ccccc34)cccc12. The monoisotopic (exact) mass is 542 g/mol. The van der Waals surface area contributed by atoms with E-state index in [1.54, 1.807) is 0 Å². The fourth-order valence-electron chi connectivity index (χ4n) is 6.62. The molecule has 3 N–H and O–H groups in total. The largest absolute Gasteiger partial charge is 0.253 e. The van der Waals surface area contributed by atoms with Crippen molar-refractivity contribution in [2.24, 2.45) is 0 Å². The first-order valence-electron chi connectivity index (χ1n) is 14.8. The Labute approximate surface area is 246 Å². The third kappa shape index (κ3) is 4.19. The number of hydrogen-bond acceptors (Lipinski definition) is 0. The van der Waals surface area contributed by atoms with Crippen molar-refractivity contribution in [1.82, 2.24) is 0 Å². The minimum atomic E-state index is 0.00135. The second-order valence-corrected chi connectivity index (χ2v) is 11.0. The average Bonchev–Trinajstić information content (AvgIpc) is 3.59. The highest BCUT2D eigenvalue weighted by molar-refractivity contribution is 6.28. The van der Waals surface area contributed by atoms with Crippen molar-refractivity contribution in [3.05, 3.63) is 139 Å². The zero-order valence-corrected chi connectivity index (χ0v) is 24.1. The highest BCUT2D eigenvalue weighted by Gasteiger charge is 2.28. The van der Waals surface area contributed by atoms with Crippen LogP contribution < -0.4 is 10.4 Å². The molecule has 0 spiro atoms. The zero-order valence-electron chi connectivity index (χ0n) is 24.1. The minimum Gasteiger partial charge on any atom is -0.251 e. The van der Waals surface area contributed by atoms with Gasteiger partial charge in [-0.2, -0.15) is 0 Å². The number of hydrogen-bond donors (Lipinski definition) is 2. The fraction of sp³-hybridized carbons (Fsp3) is 0.100. The summed E-state index contributed by atoms with van der Waals surface area (Å²) in [6.07, 6.45) is 9.24. The van der Waals surface area contributed by atoms with E-state index in [-0.39, 0.29) is 6.04 Å². The van der Waals surface area contributed by atoms with Crippen LogP contribution in [-0.2, 0) is 6.42 Å². The Kier molecular flexibility index (Phi) is 6.60. The molecule has 0 bridgehead atoms. The van der Waals surface area contributed by atoms with Gasteiger partial charge in [0, 0.05) is 6.08 Å². The number of fused-ring (bicyclic) bond motifs is 3. The lowest BCUT2D eigenvalue weighted by molar-refractivity contribution is -0.462. The van der Waals surface area contributed by atoms with Crippen molar-refractivity contribution in [2.75, 3.05) is 0 Å². The molecule has 42 heavy (non-hydrogen) atoms. The lowest BCUT2D eigenvalue weighted by Crippen LogP contribution is -2.79. The molecule has 6 aromatic rings. The molecule has 1 atom stereocenters. The van der Waals surface area contributed by atoms with Crippen molar-refractivity contribution in [3.8, 4) is 22.3 Å². The predicted octanol–water partition coefficient (Wildman–Crippen LogP) is 6.74. The van der Waals surface area contributed by atoms with Gasteiger partial charge in [-0.05, 0) is 85.1 Å². The molecule has 0 saturated carbocycles. The maximum atomic E-state index is 6.76. The van der Waals surface area contributed by atoms with E-state index in [9.17, 15) is 0 Å². The Balaban J connectivity index is 1.51. The lowest BCUT2D eigenvalue weighted by Gasteiger charge is -2.19. The average molecular weight is 543 g/mol. The molecule has 6 aromatic carbocycles. The summed E-state index contributed by atoms with van der Waals surface area (Å²) in [5.41, 5.74) is 9.45. The number of benzene rings is 6. The Morgan fingerprint density at radius 2 is 1.29 bits per heavy atom. The van der Waals surface area contributed by atoms with E-state index in [4.69, 9.17) is 5.41 Å². The maximum absolute atomic E-state index is 6.76. The van der Waals surface area contributed by atoms with Crippen molar-refractivity contribution >= 4 is 49.8 Å². The number of allylic oxidation sites excluding steroid dienone is 2. The number of nitrogens with one attached hydrogen (secondary N) is 1. The molecular formula is C40H34N2+2. The van der Waals surface area contributed by atoms with Gasteiger partial charge >= 0.3 is 0 Å². The van der Waals surface area contributed by atoms with Gasteiger partial charge in [0.2, 0.25) is 0 Å². The molecule has 0 aliphatic carbocycles. The Morgan fingerprint density at radius 1 is 0.690 bits per heavy atom. The molecular weight excluding hydrogens is 508 g/mol. The molecule has 1 aliphatic heterocycles. The summed E-state index contributed by atoms with van der Waals surface area (Å²) in [5, 5.41) is 14.2. The molecule has 202 valence electrons. The summed E-state index contributed by atoms with van der Waals surface area (Å²) in [5.74, 6) is 0. The molecule has 1 aliphatic rings. The van der Waals surface area contributed by atoms with Gasteiger partial charge in [0.1, 0.15) is 0 Å². The van der Waals surface area contributed by atoms with Gasteiger partial charge in [0.05, 0.1) is 5.57 Å². The van der Waals surface area contributed by atoms with Crippen LogP contribution in [0.3, 0.4) is 0 Å². The van der Waals surface area contributed by atoms with Gasteiger partial charge < -0.3 is 0 Å². The molecule has 2 nitrogen and oxygen atoms in total. The summed E-state index contributed by atoms with van der Waals surface area (Å²) in [6.45, 7) is 4.27. The van der Waals surface area contributed by atoms with Crippen LogP contribution in [0.5, 0.6) is 0 Å². The molecule has 7 rings (SSSR count). The first kappa shape index (κ1) is 25.9. The van der Waals surface area contributed by atoms with Crippen LogP contribution in [0.2, 0.25) is 0 Å². The van der Waals surface area contributed by atoms with E-state index < -0.39 is 0 Å². The maximum Gasteiger partial charge on any atom is 0.253 e. The van der Waals surface area contributed by atoms with E-state index in [1.807, 2.05) is 12.3 Å². The van der Waals surface area contributed by atoms with E-state index in [0.29, 0.717) is 0 Å². The predicted molar refractivity (Wildman–Crippen MR) is 180 cm³/mol. The summed E-state index contributed by atoms with van der Waals surface area (Å²) < 4.78 is 0. The van der Waals surface area contributed by atoms with Gasteiger partial charge in [0.15, 0.2) is 6.21 Å². The van der Waals surface area contributed by atoms with Crippen molar-refractivity contribution in [3.63, 3.8) is 0 Å². The smallest absolute Gasteiger partial charge is 0.251 e. The molecule has 2 heteroatoms. The molecule has 0 amide bonds. The molecule has 0 aromatic heterocycles. The van der Waals surface area contributed by atoms with E-state index in [1.165, 1.54) is 60.1 Å². The quantitative estimate of drug-likeness (QED) is 0.173. The number of nitrogens with two attached hydrogens (primary N) is 1. The summed E-state index contributed by atoms with van der Waals surface area (Å²) in [7, 11) is 0.